The summed E-state index contributed by atoms with van der Waals surface area (Å²) in [4.78, 5) is 1.31. The van der Waals surface area contributed by atoms with Crippen LogP contribution in [-0.4, -0.2) is 7.05 Å². The van der Waals surface area contributed by atoms with Crippen molar-refractivity contribution < 1.29 is 0 Å². The van der Waals surface area contributed by atoms with Crippen LogP contribution >= 0.6 is 27.3 Å². The third-order valence-corrected chi connectivity index (χ3v) is 4.40. The molecule has 84 valence electrons. The fraction of sp³-hybridized carbons (Fsp3) is 0.231. The summed E-state index contributed by atoms with van der Waals surface area (Å²) in [6.07, 6.45) is 0. The third kappa shape index (κ3) is 2.37. The van der Waals surface area contributed by atoms with Crippen LogP contribution < -0.4 is 5.32 Å². The SMILES string of the molecule is CNCc1ccc(-c2sccc2Br)c(C)c1. The normalized spacial score (nSPS) is 10.7. The first-order valence-electron chi connectivity index (χ1n) is 5.20. The number of halogens is 1. The lowest BCUT2D eigenvalue weighted by molar-refractivity contribution is 0.817. The summed E-state index contributed by atoms with van der Waals surface area (Å²) in [6.45, 7) is 3.09. The second-order valence-corrected chi connectivity index (χ2v) is 5.55. The molecule has 2 rings (SSSR count). The van der Waals surface area contributed by atoms with Crippen LogP contribution in [0.25, 0.3) is 10.4 Å². The van der Waals surface area contributed by atoms with E-state index in [4.69, 9.17) is 0 Å². The van der Waals surface area contributed by atoms with Gasteiger partial charge >= 0.3 is 0 Å². The van der Waals surface area contributed by atoms with Gasteiger partial charge in [0, 0.05) is 15.9 Å². The number of aryl methyl sites for hydroxylation is 1. The summed E-state index contributed by atoms with van der Waals surface area (Å²) in [5, 5.41) is 5.28. The summed E-state index contributed by atoms with van der Waals surface area (Å²) in [5.41, 5.74) is 3.98. The Morgan fingerprint density at radius 2 is 2.12 bits per heavy atom. The Labute approximate surface area is 109 Å². The number of hydrogen-bond donors (Lipinski definition) is 1. The van der Waals surface area contributed by atoms with Gasteiger partial charge in [0.1, 0.15) is 0 Å². The highest BCUT2D eigenvalue weighted by Gasteiger charge is 2.07. The molecule has 0 unspecified atom stereocenters. The maximum atomic E-state index is 3.58. The van der Waals surface area contributed by atoms with Gasteiger partial charge in [0.05, 0.1) is 0 Å². The van der Waals surface area contributed by atoms with Crippen molar-refractivity contribution in [1.29, 1.82) is 0 Å². The highest BCUT2D eigenvalue weighted by molar-refractivity contribution is 9.10. The van der Waals surface area contributed by atoms with Gasteiger partial charge in [0.25, 0.3) is 0 Å². The Bertz CT molecular complexity index is 490. The largest absolute Gasteiger partial charge is 0.316 e. The molecule has 0 atom stereocenters. The predicted molar refractivity (Wildman–Crippen MR) is 75.0 cm³/mol. The van der Waals surface area contributed by atoms with Crippen LogP contribution in [0.5, 0.6) is 0 Å². The highest BCUT2D eigenvalue weighted by atomic mass is 79.9. The van der Waals surface area contributed by atoms with Crippen molar-refractivity contribution in [1.82, 2.24) is 5.32 Å². The van der Waals surface area contributed by atoms with Crippen LogP contribution in [0.3, 0.4) is 0 Å². The standard InChI is InChI=1S/C13H14BrNS/c1-9-7-10(8-15-2)3-4-11(9)13-12(14)5-6-16-13/h3-7,15H,8H2,1-2H3. The zero-order valence-electron chi connectivity index (χ0n) is 9.38. The minimum atomic E-state index is 0.923. The van der Waals surface area contributed by atoms with E-state index >= 15 is 0 Å². The molecule has 0 saturated carbocycles. The smallest absolute Gasteiger partial charge is 0.0487 e. The van der Waals surface area contributed by atoms with Crippen LogP contribution in [-0.2, 0) is 6.54 Å². The maximum absolute atomic E-state index is 3.58. The molecule has 0 aliphatic carbocycles. The average molecular weight is 296 g/mol. The molecule has 0 spiro atoms. The first kappa shape index (κ1) is 11.8. The van der Waals surface area contributed by atoms with E-state index < -0.39 is 0 Å². The van der Waals surface area contributed by atoms with E-state index in [9.17, 15) is 0 Å². The van der Waals surface area contributed by atoms with E-state index in [-0.39, 0.29) is 0 Å². The Morgan fingerprint density at radius 1 is 1.31 bits per heavy atom. The van der Waals surface area contributed by atoms with Crippen molar-refractivity contribution >= 4 is 27.3 Å². The van der Waals surface area contributed by atoms with E-state index in [1.54, 1.807) is 11.3 Å². The van der Waals surface area contributed by atoms with Gasteiger partial charge in [-0.15, -0.1) is 11.3 Å². The lowest BCUT2D eigenvalue weighted by atomic mass is 10.0. The quantitative estimate of drug-likeness (QED) is 0.895. The van der Waals surface area contributed by atoms with Crippen LogP contribution in [0.15, 0.2) is 34.1 Å². The van der Waals surface area contributed by atoms with Crippen LogP contribution in [0.1, 0.15) is 11.1 Å². The highest BCUT2D eigenvalue weighted by Crippen LogP contribution is 2.35. The summed E-state index contributed by atoms with van der Waals surface area (Å²) in [7, 11) is 1.97. The lowest BCUT2D eigenvalue weighted by Crippen LogP contribution is -2.05. The Hall–Kier alpha value is -0.640. The second kappa shape index (κ2) is 5.13. The number of thiophene rings is 1. The molecular weight excluding hydrogens is 282 g/mol. The van der Waals surface area contributed by atoms with Crippen molar-refractivity contribution in [3.05, 3.63) is 45.2 Å². The molecular formula is C13H14BrNS. The van der Waals surface area contributed by atoms with Gasteiger partial charge in [0.15, 0.2) is 0 Å². The number of rotatable bonds is 3. The third-order valence-electron chi connectivity index (χ3n) is 2.53. The fourth-order valence-corrected chi connectivity index (χ4v) is 3.46. The van der Waals surface area contributed by atoms with E-state index in [1.807, 2.05) is 7.05 Å². The number of hydrogen-bond acceptors (Lipinski definition) is 2. The topological polar surface area (TPSA) is 12.0 Å². The molecule has 0 aliphatic heterocycles. The fourth-order valence-electron chi connectivity index (χ4n) is 1.78. The van der Waals surface area contributed by atoms with E-state index in [1.165, 1.54) is 26.0 Å². The predicted octanol–water partition coefficient (Wildman–Crippen LogP) is 4.21. The average Bonchev–Trinajstić information content (AvgIpc) is 2.65. The van der Waals surface area contributed by atoms with E-state index in [2.05, 4.69) is 57.8 Å². The second-order valence-electron chi connectivity index (χ2n) is 3.78. The van der Waals surface area contributed by atoms with Gasteiger partial charge in [-0.25, -0.2) is 0 Å². The molecule has 0 bridgehead atoms. The molecule has 0 radical (unpaired) electrons. The van der Waals surface area contributed by atoms with Crippen molar-refractivity contribution in [2.75, 3.05) is 7.05 Å². The van der Waals surface area contributed by atoms with Crippen molar-refractivity contribution in [2.45, 2.75) is 13.5 Å². The molecule has 0 fully saturated rings. The minimum absolute atomic E-state index is 0.923. The molecule has 0 aliphatic rings. The van der Waals surface area contributed by atoms with Gasteiger partial charge in [-0.05, 0) is 58.0 Å². The molecule has 16 heavy (non-hydrogen) atoms. The zero-order chi connectivity index (χ0) is 11.5. The van der Waals surface area contributed by atoms with Crippen molar-refractivity contribution in [3.8, 4) is 10.4 Å². The molecule has 1 N–H and O–H groups in total. The molecule has 1 heterocycles. The first-order valence-corrected chi connectivity index (χ1v) is 6.87. The van der Waals surface area contributed by atoms with Crippen LogP contribution in [0, 0.1) is 6.92 Å². The molecule has 1 nitrogen and oxygen atoms in total. The number of nitrogens with one attached hydrogen (secondary N) is 1. The molecule has 1 aromatic heterocycles. The van der Waals surface area contributed by atoms with Crippen molar-refractivity contribution in [2.24, 2.45) is 0 Å². The van der Waals surface area contributed by atoms with Gasteiger partial charge < -0.3 is 5.32 Å². The summed E-state index contributed by atoms with van der Waals surface area (Å²) in [5.74, 6) is 0. The Morgan fingerprint density at radius 3 is 2.69 bits per heavy atom. The first-order chi connectivity index (χ1) is 7.72. The van der Waals surface area contributed by atoms with Gasteiger partial charge in [-0.1, -0.05) is 18.2 Å². The molecule has 0 amide bonds. The van der Waals surface area contributed by atoms with Crippen molar-refractivity contribution in [3.63, 3.8) is 0 Å². The monoisotopic (exact) mass is 295 g/mol. The van der Waals surface area contributed by atoms with Crippen LogP contribution in [0.4, 0.5) is 0 Å². The molecule has 2 aromatic rings. The zero-order valence-corrected chi connectivity index (χ0v) is 11.8. The maximum Gasteiger partial charge on any atom is 0.0487 e. The minimum Gasteiger partial charge on any atom is -0.316 e. The summed E-state index contributed by atoms with van der Waals surface area (Å²) in [6, 6.07) is 8.74. The van der Waals surface area contributed by atoms with E-state index in [0.29, 0.717) is 0 Å². The van der Waals surface area contributed by atoms with Gasteiger partial charge in [-0.2, -0.15) is 0 Å². The summed E-state index contributed by atoms with van der Waals surface area (Å²) >= 11 is 5.36. The Balaban J connectivity index is 2.40. The lowest BCUT2D eigenvalue weighted by Gasteiger charge is -2.07. The van der Waals surface area contributed by atoms with Crippen LogP contribution in [0.2, 0.25) is 0 Å². The molecule has 1 aromatic carbocycles. The van der Waals surface area contributed by atoms with E-state index in [0.717, 1.165) is 6.54 Å². The van der Waals surface area contributed by atoms with Gasteiger partial charge in [0.2, 0.25) is 0 Å². The summed E-state index contributed by atoms with van der Waals surface area (Å²) < 4.78 is 1.18. The molecule has 3 heteroatoms. The molecule has 0 saturated heterocycles. The van der Waals surface area contributed by atoms with Gasteiger partial charge in [-0.3, -0.25) is 0 Å². The Kier molecular flexibility index (Phi) is 3.79. The number of benzene rings is 1.